The second-order valence-electron chi connectivity index (χ2n) is 11.3. The highest BCUT2D eigenvalue weighted by atomic mass is 16.7. The maximum Gasteiger partial charge on any atom is 0.331 e. The van der Waals surface area contributed by atoms with Gasteiger partial charge in [0, 0.05) is 17.4 Å². The van der Waals surface area contributed by atoms with Gasteiger partial charge in [-0.3, -0.25) is 4.79 Å². The summed E-state index contributed by atoms with van der Waals surface area (Å²) in [5, 5.41) is 42.6. The van der Waals surface area contributed by atoms with E-state index < -0.39 is 41.7 Å². The number of hydrogen-bond donors (Lipinski definition) is 4. The number of esters is 1. The number of aliphatic hydroxyl groups excluding tert-OH is 3. The summed E-state index contributed by atoms with van der Waals surface area (Å²) in [6, 6.07) is 0. The Morgan fingerprint density at radius 1 is 1.11 bits per heavy atom. The summed E-state index contributed by atoms with van der Waals surface area (Å²) in [5.41, 5.74) is 0.908. The largest absolute Gasteiger partial charge is 0.458 e. The molecule has 9 nitrogen and oxygen atoms in total. The minimum absolute atomic E-state index is 0.0339. The van der Waals surface area contributed by atoms with E-state index in [2.05, 4.69) is 0 Å². The van der Waals surface area contributed by atoms with Crippen molar-refractivity contribution >= 4 is 11.8 Å². The molecule has 0 amide bonds. The molecule has 35 heavy (non-hydrogen) atoms. The predicted octanol–water partition coefficient (Wildman–Crippen LogP) is 0.919. The Morgan fingerprint density at radius 3 is 2.51 bits per heavy atom. The second-order valence-corrected chi connectivity index (χ2v) is 11.3. The van der Waals surface area contributed by atoms with Crippen molar-refractivity contribution < 1.29 is 44.2 Å². The van der Waals surface area contributed by atoms with Crippen LogP contribution in [0.4, 0.5) is 0 Å². The van der Waals surface area contributed by atoms with Crippen LogP contribution in [0.25, 0.3) is 0 Å². The van der Waals surface area contributed by atoms with Gasteiger partial charge in [0.2, 0.25) is 0 Å². The standard InChI is InChI=1S/C26H36O9/c1-12(27)17-10-25(3)18(14-8-20(28)33-11-14)6-7-26(25,32)19-5-4-15(9-16(17)19)35-24-23(31)22(30)21(29)13(2)34-24/h8,13,15,18-19,21-24,29-32H,4-7,9-11H2,1-3H3/t13-,15?,18+,19+,21-,22+,23+,24-,25+,26-/m0/s1. The highest BCUT2D eigenvalue weighted by Crippen LogP contribution is 2.65. The number of hydrogen-bond acceptors (Lipinski definition) is 9. The molecule has 9 heteroatoms. The van der Waals surface area contributed by atoms with Gasteiger partial charge in [-0.15, -0.1) is 0 Å². The number of cyclic esters (lactones) is 1. The summed E-state index contributed by atoms with van der Waals surface area (Å²) in [5.74, 6) is -0.626. The first-order chi connectivity index (χ1) is 16.5. The molecule has 3 aliphatic carbocycles. The number of Topliss-reactive ketones (excluding diaryl/α,β-unsaturated/α-hetero) is 1. The van der Waals surface area contributed by atoms with Crippen molar-refractivity contribution in [2.24, 2.45) is 17.3 Å². The maximum atomic E-state index is 12.8. The monoisotopic (exact) mass is 492 g/mol. The fourth-order valence-electron chi connectivity index (χ4n) is 7.44. The van der Waals surface area contributed by atoms with Gasteiger partial charge in [-0.1, -0.05) is 12.5 Å². The van der Waals surface area contributed by atoms with E-state index in [0.717, 1.165) is 17.6 Å². The van der Waals surface area contributed by atoms with E-state index in [0.29, 0.717) is 37.7 Å². The van der Waals surface area contributed by atoms with E-state index in [1.165, 1.54) is 0 Å². The van der Waals surface area contributed by atoms with E-state index in [1.807, 2.05) is 6.92 Å². The van der Waals surface area contributed by atoms with Crippen LogP contribution in [0.2, 0.25) is 0 Å². The number of carbonyl (C=O) groups excluding carboxylic acids is 2. The van der Waals surface area contributed by atoms with Crippen molar-refractivity contribution in [3.05, 3.63) is 22.8 Å². The molecule has 5 rings (SSSR count). The third-order valence-electron chi connectivity index (χ3n) is 9.42. The van der Waals surface area contributed by atoms with E-state index in [9.17, 15) is 30.0 Å². The molecule has 5 aliphatic rings. The summed E-state index contributed by atoms with van der Waals surface area (Å²) in [7, 11) is 0. The molecule has 0 aromatic carbocycles. The van der Waals surface area contributed by atoms with Crippen LogP contribution in [0, 0.1) is 17.3 Å². The van der Waals surface area contributed by atoms with Crippen LogP contribution in [-0.4, -0.2) is 81.2 Å². The summed E-state index contributed by atoms with van der Waals surface area (Å²) in [6.45, 7) is 5.44. The van der Waals surface area contributed by atoms with Crippen LogP contribution >= 0.6 is 0 Å². The van der Waals surface area contributed by atoms with E-state index in [-0.39, 0.29) is 36.3 Å². The number of rotatable bonds is 4. The molecule has 4 N–H and O–H groups in total. The predicted molar refractivity (Wildman–Crippen MR) is 122 cm³/mol. The number of ether oxygens (including phenoxy) is 3. The smallest absolute Gasteiger partial charge is 0.331 e. The molecule has 2 heterocycles. The zero-order valence-electron chi connectivity index (χ0n) is 20.5. The normalized spacial score (nSPS) is 47.7. The molecule has 3 fully saturated rings. The average molecular weight is 493 g/mol. The quantitative estimate of drug-likeness (QED) is 0.421. The molecule has 0 radical (unpaired) electrons. The summed E-state index contributed by atoms with van der Waals surface area (Å²) in [6.07, 6.45) is -1.24. The highest BCUT2D eigenvalue weighted by molar-refractivity contribution is 5.94. The molecule has 1 saturated heterocycles. The summed E-state index contributed by atoms with van der Waals surface area (Å²) >= 11 is 0. The van der Waals surface area contributed by atoms with Gasteiger partial charge < -0.3 is 34.6 Å². The van der Waals surface area contributed by atoms with Gasteiger partial charge in [0.05, 0.1) is 17.8 Å². The Hall–Kier alpha value is -1.62. The summed E-state index contributed by atoms with van der Waals surface area (Å²) in [4.78, 5) is 24.6. The van der Waals surface area contributed by atoms with E-state index in [4.69, 9.17) is 14.2 Å². The molecular formula is C26H36O9. The second kappa shape index (κ2) is 8.75. The highest BCUT2D eigenvalue weighted by Gasteiger charge is 2.64. The summed E-state index contributed by atoms with van der Waals surface area (Å²) < 4.78 is 16.8. The minimum atomic E-state index is -1.39. The number of ketones is 1. The van der Waals surface area contributed by atoms with Crippen molar-refractivity contribution in [2.75, 3.05) is 6.61 Å². The lowest BCUT2D eigenvalue weighted by Gasteiger charge is -2.55. The van der Waals surface area contributed by atoms with Crippen molar-refractivity contribution in [1.82, 2.24) is 0 Å². The van der Waals surface area contributed by atoms with Gasteiger partial charge in [-0.2, -0.15) is 0 Å². The SMILES string of the molecule is CC(=O)C1=C2CC(O[C@@H]3O[C@@H](C)[C@H](O)[C@@H](O)[C@H]3O)CC[C@H]2[C@@]2(O)CC[C@H](C3=CC(=O)OC3)[C@@]2(C)C1. The zero-order valence-corrected chi connectivity index (χ0v) is 20.5. The van der Waals surface area contributed by atoms with Gasteiger partial charge in [0.15, 0.2) is 12.1 Å². The van der Waals surface area contributed by atoms with Gasteiger partial charge in [0.1, 0.15) is 24.9 Å². The molecule has 2 aliphatic heterocycles. The van der Waals surface area contributed by atoms with Crippen LogP contribution in [-0.2, 0) is 23.8 Å². The molecule has 0 aromatic heterocycles. The van der Waals surface area contributed by atoms with E-state index >= 15 is 0 Å². The number of aliphatic hydroxyl groups is 4. The Labute approximate surface area is 204 Å². The molecule has 2 saturated carbocycles. The van der Waals surface area contributed by atoms with E-state index in [1.54, 1.807) is 19.9 Å². The average Bonchev–Trinajstić information content (AvgIpc) is 3.35. The first-order valence-electron chi connectivity index (χ1n) is 12.6. The molecule has 0 spiro atoms. The Balaban J connectivity index is 1.41. The Morgan fingerprint density at radius 2 is 1.86 bits per heavy atom. The van der Waals surface area contributed by atoms with Crippen molar-refractivity contribution in [2.45, 2.75) is 102 Å². The van der Waals surface area contributed by atoms with Crippen molar-refractivity contribution in [1.29, 1.82) is 0 Å². The zero-order chi connectivity index (χ0) is 25.3. The fourth-order valence-corrected chi connectivity index (χ4v) is 7.44. The van der Waals surface area contributed by atoms with Crippen LogP contribution in [0.5, 0.6) is 0 Å². The Kier molecular flexibility index (Phi) is 6.26. The molecule has 1 unspecified atom stereocenters. The van der Waals surface area contributed by atoms with Crippen LogP contribution < -0.4 is 0 Å². The van der Waals surface area contributed by atoms with Gasteiger partial charge in [-0.25, -0.2) is 4.79 Å². The lowest BCUT2D eigenvalue weighted by atomic mass is 9.53. The molecule has 0 bridgehead atoms. The third-order valence-corrected chi connectivity index (χ3v) is 9.42. The number of fused-ring (bicyclic) bond motifs is 3. The molecular weight excluding hydrogens is 456 g/mol. The molecule has 10 atom stereocenters. The van der Waals surface area contributed by atoms with Gasteiger partial charge >= 0.3 is 5.97 Å². The first-order valence-corrected chi connectivity index (χ1v) is 12.6. The lowest BCUT2D eigenvalue weighted by Crippen LogP contribution is -2.59. The number of allylic oxidation sites excluding steroid dienone is 1. The Bertz CT molecular complexity index is 972. The van der Waals surface area contributed by atoms with Crippen LogP contribution in [0.1, 0.15) is 59.3 Å². The molecule has 0 aromatic rings. The lowest BCUT2D eigenvalue weighted by molar-refractivity contribution is -0.305. The van der Waals surface area contributed by atoms with Crippen LogP contribution in [0.15, 0.2) is 22.8 Å². The minimum Gasteiger partial charge on any atom is -0.458 e. The maximum absolute atomic E-state index is 12.8. The van der Waals surface area contributed by atoms with Crippen molar-refractivity contribution in [3.63, 3.8) is 0 Å². The van der Waals surface area contributed by atoms with Gasteiger partial charge in [-0.05, 0) is 69.4 Å². The topological polar surface area (TPSA) is 143 Å². The van der Waals surface area contributed by atoms with Crippen molar-refractivity contribution in [3.8, 4) is 0 Å². The molecule has 194 valence electrons. The first kappa shape index (κ1) is 25.0. The number of carbonyl (C=O) groups is 2. The van der Waals surface area contributed by atoms with Gasteiger partial charge in [0.25, 0.3) is 0 Å². The third kappa shape index (κ3) is 3.83. The van der Waals surface area contributed by atoms with Crippen LogP contribution in [0.3, 0.4) is 0 Å². The fraction of sp³-hybridized carbons (Fsp3) is 0.769.